The van der Waals surface area contributed by atoms with Gasteiger partial charge in [0.25, 0.3) is 5.91 Å². The van der Waals surface area contributed by atoms with Crippen molar-refractivity contribution in [1.29, 1.82) is 5.26 Å². The fourth-order valence-electron chi connectivity index (χ4n) is 6.48. The van der Waals surface area contributed by atoms with Gasteiger partial charge in [0, 0.05) is 4.88 Å². The summed E-state index contributed by atoms with van der Waals surface area (Å²) in [4.78, 5) is 26.3. The summed E-state index contributed by atoms with van der Waals surface area (Å²) in [5.74, 6) is 2.00. The Hall–Kier alpha value is -1.87. The van der Waals surface area contributed by atoms with Gasteiger partial charge in [-0.2, -0.15) is 5.26 Å². The highest BCUT2D eigenvalue weighted by Crippen LogP contribution is 2.56. The van der Waals surface area contributed by atoms with E-state index in [-0.39, 0.29) is 24.4 Å². The molecule has 5 nitrogen and oxygen atoms in total. The van der Waals surface area contributed by atoms with Crippen molar-refractivity contribution in [3.8, 4) is 6.07 Å². The van der Waals surface area contributed by atoms with E-state index in [1.807, 2.05) is 0 Å². The van der Waals surface area contributed by atoms with Crippen LogP contribution >= 0.6 is 11.3 Å². The molecule has 0 atom stereocenters. The summed E-state index contributed by atoms with van der Waals surface area (Å²) in [6, 6.07) is 2.25. The number of carbonyl (C=O) groups excluding carboxylic acids is 2. The standard InChI is InChI=1S/C22H26N2O3S/c23-10-17-16-3-1-2-4-18(16)28-21(17)24-19(25)11-27-22(26)20-14-6-12-5-13(8-14)9-15(20)7-12/h12-15,20H,1-9,11H2,(H,24,25). The van der Waals surface area contributed by atoms with Gasteiger partial charge in [0.15, 0.2) is 6.61 Å². The lowest BCUT2D eigenvalue weighted by Crippen LogP contribution is -2.48. The molecule has 0 radical (unpaired) electrons. The largest absolute Gasteiger partial charge is 0.455 e. The van der Waals surface area contributed by atoms with Crippen LogP contribution in [-0.4, -0.2) is 18.5 Å². The molecular weight excluding hydrogens is 372 g/mol. The van der Waals surface area contributed by atoms with Crippen LogP contribution in [0.5, 0.6) is 0 Å². The minimum absolute atomic E-state index is 0.00989. The van der Waals surface area contributed by atoms with E-state index in [1.165, 1.54) is 22.6 Å². The SMILES string of the molecule is N#Cc1c(NC(=O)COC(=O)C2C3CC4CC(C3)CC2C4)sc2c1CCCC2. The fraction of sp³-hybridized carbons (Fsp3) is 0.682. The predicted octanol–water partition coefficient (Wildman–Crippen LogP) is 4.05. The van der Waals surface area contributed by atoms with Gasteiger partial charge in [-0.3, -0.25) is 9.59 Å². The van der Waals surface area contributed by atoms with Gasteiger partial charge in [-0.1, -0.05) is 0 Å². The summed E-state index contributed by atoms with van der Waals surface area (Å²) in [5.41, 5.74) is 1.69. The molecule has 1 aromatic heterocycles. The van der Waals surface area contributed by atoms with Crippen molar-refractivity contribution in [2.24, 2.45) is 29.6 Å². The van der Waals surface area contributed by atoms with Crippen molar-refractivity contribution >= 4 is 28.2 Å². The second-order valence-electron chi connectivity index (χ2n) is 9.14. The highest BCUT2D eigenvalue weighted by Gasteiger charge is 2.51. The van der Waals surface area contributed by atoms with Crippen LogP contribution < -0.4 is 5.32 Å². The third-order valence-corrected chi connectivity index (χ3v) is 8.59. The Bertz CT molecular complexity index is 825. The molecule has 5 aliphatic rings. The average Bonchev–Trinajstić information content (AvgIpc) is 3.02. The number of nitrogens with zero attached hydrogens (tertiary/aromatic N) is 1. The van der Waals surface area contributed by atoms with E-state index in [9.17, 15) is 14.9 Å². The van der Waals surface area contributed by atoms with Crippen molar-refractivity contribution in [3.05, 3.63) is 16.0 Å². The van der Waals surface area contributed by atoms with Gasteiger partial charge in [-0.25, -0.2) is 0 Å². The number of ether oxygens (including phenoxy) is 1. The number of nitriles is 1. The average molecular weight is 399 g/mol. The maximum Gasteiger partial charge on any atom is 0.310 e. The summed E-state index contributed by atoms with van der Waals surface area (Å²) >= 11 is 1.50. The van der Waals surface area contributed by atoms with Crippen LogP contribution in [0.2, 0.25) is 0 Å². The number of anilines is 1. The maximum atomic E-state index is 12.7. The van der Waals surface area contributed by atoms with Crippen molar-refractivity contribution in [2.75, 3.05) is 11.9 Å². The topological polar surface area (TPSA) is 79.2 Å². The molecule has 1 N–H and O–H groups in total. The number of fused-ring (bicyclic) bond motifs is 1. The molecule has 0 unspecified atom stereocenters. The molecule has 4 bridgehead atoms. The lowest BCUT2D eigenvalue weighted by Gasteiger charge is -2.53. The van der Waals surface area contributed by atoms with Crippen molar-refractivity contribution in [1.82, 2.24) is 0 Å². The molecule has 6 heteroatoms. The van der Waals surface area contributed by atoms with E-state index in [0.29, 0.717) is 22.4 Å². The first-order valence-electron chi connectivity index (χ1n) is 10.6. The van der Waals surface area contributed by atoms with Crippen LogP contribution in [0, 0.1) is 40.9 Å². The second-order valence-corrected chi connectivity index (χ2v) is 10.2. The smallest absolute Gasteiger partial charge is 0.310 e. The van der Waals surface area contributed by atoms with Crippen LogP contribution in [0.1, 0.15) is 60.9 Å². The Morgan fingerprint density at radius 1 is 1.07 bits per heavy atom. The van der Waals surface area contributed by atoms with Gasteiger partial charge >= 0.3 is 5.97 Å². The number of nitrogens with one attached hydrogen (secondary N) is 1. The van der Waals surface area contributed by atoms with Crippen molar-refractivity contribution in [3.63, 3.8) is 0 Å². The van der Waals surface area contributed by atoms with E-state index < -0.39 is 0 Å². The third kappa shape index (κ3) is 3.14. The van der Waals surface area contributed by atoms with Crippen LogP contribution in [0.4, 0.5) is 5.00 Å². The first-order valence-corrected chi connectivity index (χ1v) is 11.4. The van der Waals surface area contributed by atoms with Gasteiger partial charge in [0.05, 0.1) is 11.5 Å². The molecule has 0 saturated heterocycles. The normalized spacial score (nSPS) is 32.5. The Labute approximate surface area is 169 Å². The third-order valence-electron chi connectivity index (χ3n) is 7.38. The summed E-state index contributed by atoms with van der Waals surface area (Å²) < 4.78 is 5.45. The van der Waals surface area contributed by atoms with Crippen LogP contribution in [0.25, 0.3) is 0 Å². The number of thiophene rings is 1. The molecule has 148 valence electrons. The first kappa shape index (κ1) is 18.2. The molecule has 28 heavy (non-hydrogen) atoms. The molecular formula is C22H26N2O3S. The molecule has 0 aromatic carbocycles. The first-order chi connectivity index (χ1) is 13.6. The maximum absolute atomic E-state index is 12.7. The lowest BCUT2D eigenvalue weighted by atomic mass is 9.52. The highest BCUT2D eigenvalue weighted by atomic mass is 32.1. The molecule has 1 heterocycles. The van der Waals surface area contributed by atoms with E-state index in [2.05, 4.69) is 11.4 Å². The number of esters is 1. The second kappa shape index (κ2) is 7.18. The molecule has 0 aliphatic heterocycles. The zero-order valence-corrected chi connectivity index (χ0v) is 16.9. The lowest BCUT2D eigenvalue weighted by molar-refractivity contribution is -0.164. The van der Waals surface area contributed by atoms with E-state index >= 15 is 0 Å². The van der Waals surface area contributed by atoms with Gasteiger partial charge in [-0.05, 0) is 87.0 Å². The predicted molar refractivity (Wildman–Crippen MR) is 106 cm³/mol. The Morgan fingerprint density at radius 2 is 1.75 bits per heavy atom. The molecule has 5 aliphatic carbocycles. The minimum atomic E-state index is -0.340. The Kier molecular flexibility index (Phi) is 4.66. The van der Waals surface area contributed by atoms with E-state index in [1.54, 1.807) is 0 Å². The highest BCUT2D eigenvalue weighted by molar-refractivity contribution is 7.16. The summed E-state index contributed by atoms with van der Waals surface area (Å²) in [5, 5.41) is 12.9. The van der Waals surface area contributed by atoms with Crippen molar-refractivity contribution < 1.29 is 14.3 Å². The molecule has 4 fully saturated rings. The molecule has 1 amide bonds. The van der Waals surface area contributed by atoms with Gasteiger partial charge < -0.3 is 10.1 Å². The quantitative estimate of drug-likeness (QED) is 0.776. The number of aryl methyl sites for hydroxylation is 1. The molecule has 0 spiro atoms. The summed E-state index contributed by atoms with van der Waals surface area (Å²) in [6.07, 6.45) is 10.1. The molecule has 1 aromatic rings. The molecule has 4 saturated carbocycles. The minimum Gasteiger partial charge on any atom is -0.455 e. The van der Waals surface area contributed by atoms with E-state index in [0.717, 1.165) is 68.8 Å². The Balaban J connectivity index is 1.20. The zero-order chi connectivity index (χ0) is 19.3. The van der Waals surface area contributed by atoms with Crippen molar-refractivity contribution in [2.45, 2.75) is 57.8 Å². The van der Waals surface area contributed by atoms with Crippen LogP contribution in [-0.2, 0) is 27.2 Å². The number of hydrogen-bond donors (Lipinski definition) is 1. The van der Waals surface area contributed by atoms with Crippen LogP contribution in [0.3, 0.4) is 0 Å². The number of amides is 1. The Morgan fingerprint density at radius 3 is 2.43 bits per heavy atom. The zero-order valence-electron chi connectivity index (χ0n) is 16.0. The summed E-state index contributed by atoms with van der Waals surface area (Å²) in [6.45, 7) is -0.255. The van der Waals surface area contributed by atoms with Gasteiger partial charge in [0.1, 0.15) is 11.1 Å². The molecule has 6 rings (SSSR count). The van der Waals surface area contributed by atoms with Gasteiger partial charge in [0.2, 0.25) is 0 Å². The fourth-order valence-corrected chi connectivity index (χ4v) is 7.73. The van der Waals surface area contributed by atoms with Crippen LogP contribution in [0.15, 0.2) is 0 Å². The van der Waals surface area contributed by atoms with Gasteiger partial charge in [-0.15, -0.1) is 11.3 Å². The monoisotopic (exact) mass is 398 g/mol. The number of hydrogen-bond acceptors (Lipinski definition) is 5. The van der Waals surface area contributed by atoms with E-state index in [4.69, 9.17) is 4.74 Å². The number of rotatable bonds is 4. The number of carbonyl (C=O) groups is 2. The summed E-state index contributed by atoms with van der Waals surface area (Å²) in [7, 11) is 0.